The van der Waals surface area contributed by atoms with Gasteiger partial charge in [0.15, 0.2) is 6.29 Å². The minimum atomic E-state index is -1.96. The molecule has 0 aromatic heterocycles. The highest BCUT2D eigenvalue weighted by molar-refractivity contribution is 6.74. The van der Waals surface area contributed by atoms with E-state index in [1.165, 1.54) is 44.1 Å². The molecule has 170 valence electrons. The van der Waals surface area contributed by atoms with Gasteiger partial charge in [0.25, 0.3) is 0 Å². The number of benzene rings is 2. The Morgan fingerprint density at radius 2 is 1.53 bits per heavy atom. The first-order chi connectivity index (χ1) is 15.1. The lowest BCUT2D eigenvalue weighted by Crippen LogP contribution is -2.49. The molecule has 6 rings (SSSR count). The van der Waals surface area contributed by atoms with Crippen LogP contribution in [0.25, 0.3) is 11.1 Å². The van der Waals surface area contributed by atoms with E-state index in [0.717, 1.165) is 46.5 Å². The van der Waals surface area contributed by atoms with Crippen LogP contribution < -0.4 is 4.43 Å². The minimum Gasteiger partial charge on any atom is -0.543 e. The number of rotatable bonds is 5. The van der Waals surface area contributed by atoms with Crippen LogP contribution in [0.2, 0.25) is 18.1 Å². The van der Waals surface area contributed by atoms with Gasteiger partial charge in [-0.3, -0.25) is 4.79 Å². The molecule has 2 nitrogen and oxygen atoms in total. The summed E-state index contributed by atoms with van der Waals surface area (Å²) in [7, 11) is -1.96. The lowest BCUT2D eigenvalue weighted by molar-refractivity contribution is -0.00584. The van der Waals surface area contributed by atoms with Crippen LogP contribution in [-0.2, 0) is 5.41 Å². The first-order valence-electron chi connectivity index (χ1n) is 12.5. The van der Waals surface area contributed by atoms with Crippen LogP contribution in [0.5, 0.6) is 5.75 Å². The third kappa shape index (κ3) is 3.67. The van der Waals surface area contributed by atoms with Gasteiger partial charge < -0.3 is 4.43 Å². The molecule has 4 fully saturated rings. The Hall–Kier alpha value is -1.87. The van der Waals surface area contributed by atoms with E-state index in [1.807, 2.05) is 18.2 Å². The fourth-order valence-electron chi connectivity index (χ4n) is 6.93. The molecule has 3 heteroatoms. The number of carbonyl (C=O) groups excluding carboxylic acids is 1. The van der Waals surface area contributed by atoms with Crippen molar-refractivity contribution in [2.24, 2.45) is 17.8 Å². The summed E-state index contributed by atoms with van der Waals surface area (Å²) in [6.07, 6.45) is 9.23. The summed E-state index contributed by atoms with van der Waals surface area (Å²) >= 11 is 0. The lowest BCUT2D eigenvalue weighted by atomic mass is 9.48. The number of hydrogen-bond donors (Lipinski definition) is 0. The van der Waals surface area contributed by atoms with Crippen LogP contribution in [0.4, 0.5) is 0 Å². The molecule has 0 unspecified atom stereocenters. The Bertz CT molecular complexity index is 994. The van der Waals surface area contributed by atoms with Crippen molar-refractivity contribution in [3.8, 4) is 16.9 Å². The molecular weight excluding hydrogens is 408 g/mol. The Kier molecular flexibility index (Phi) is 5.20. The van der Waals surface area contributed by atoms with Crippen molar-refractivity contribution in [1.82, 2.24) is 0 Å². The maximum Gasteiger partial charge on any atom is 0.250 e. The van der Waals surface area contributed by atoms with Gasteiger partial charge in [0, 0.05) is 5.56 Å². The number of carbonyl (C=O) groups is 1. The molecule has 4 aliphatic carbocycles. The summed E-state index contributed by atoms with van der Waals surface area (Å²) in [5.41, 5.74) is 4.63. The van der Waals surface area contributed by atoms with Crippen LogP contribution in [0.1, 0.15) is 75.2 Å². The summed E-state index contributed by atoms with van der Waals surface area (Å²) < 4.78 is 7.00. The van der Waals surface area contributed by atoms with Crippen molar-refractivity contribution in [2.45, 2.75) is 82.8 Å². The Balaban J connectivity index is 1.64. The predicted octanol–water partition coefficient (Wildman–Crippen LogP) is 8.02. The van der Waals surface area contributed by atoms with Crippen molar-refractivity contribution in [1.29, 1.82) is 0 Å². The molecule has 4 bridgehead atoms. The van der Waals surface area contributed by atoms with E-state index < -0.39 is 8.32 Å². The molecule has 0 N–H and O–H groups in total. The fourth-order valence-corrected chi connectivity index (χ4v) is 7.97. The van der Waals surface area contributed by atoms with E-state index in [1.54, 1.807) is 0 Å². The zero-order chi connectivity index (χ0) is 22.7. The summed E-state index contributed by atoms with van der Waals surface area (Å²) in [5, 5.41) is 0.161. The van der Waals surface area contributed by atoms with Gasteiger partial charge in [0.1, 0.15) is 5.75 Å². The molecule has 0 heterocycles. The van der Waals surface area contributed by atoms with E-state index in [-0.39, 0.29) is 10.5 Å². The van der Waals surface area contributed by atoms with Crippen LogP contribution in [0.15, 0.2) is 42.5 Å². The lowest BCUT2D eigenvalue weighted by Gasteiger charge is -2.57. The van der Waals surface area contributed by atoms with E-state index in [9.17, 15) is 4.79 Å². The second-order valence-electron chi connectivity index (χ2n) is 12.5. The monoisotopic (exact) mass is 446 g/mol. The average molecular weight is 447 g/mol. The fraction of sp³-hybridized carbons (Fsp3) is 0.552. The van der Waals surface area contributed by atoms with Gasteiger partial charge in [-0.05, 0) is 109 Å². The third-order valence-corrected chi connectivity index (χ3v) is 13.5. The van der Waals surface area contributed by atoms with Gasteiger partial charge in [-0.1, -0.05) is 51.1 Å². The maximum atomic E-state index is 11.8. The third-order valence-electron chi connectivity index (χ3n) is 9.16. The average Bonchev–Trinajstić information content (AvgIpc) is 2.72. The topological polar surface area (TPSA) is 26.3 Å². The maximum absolute atomic E-state index is 11.8. The first kappa shape index (κ1) is 21.9. The van der Waals surface area contributed by atoms with Crippen molar-refractivity contribution >= 4 is 14.6 Å². The molecule has 0 atom stereocenters. The molecule has 32 heavy (non-hydrogen) atoms. The van der Waals surface area contributed by atoms with Crippen LogP contribution in [-0.4, -0.2) is 14.6 Å². The molecule has 0 aliphatic heterocycles. The van der Waals surface area contributed by atoms with Gasteiger partial charge >= 0.3 is 0 Å². The van der Waals surface area contributed by atoms with Gasteiger partial charge in [-0.2, -0.15) is 0 Å². The Morgan fingerprint density at radius 1 is 0.938 bits per heavy atom. The minimum absolute atomic E-state index is 0.161. The summed E-state index contributed by atoms with van der Waals surface area (Å²) in [5.74, 6) is 3.76. The molecule has 0 saturated heterocycles. The van der Waals surface area contributed by atoms with Gasteiger partial charge in [0.2, 0.25) is 8.32 Å². The smallest absolute Gasteiger partial charge is 0.250 e. The summed E-state index contributed by atoms with van der Waals surface area (Å²) in [4.78, 5) is 11.8. The molecule has 0 amide bonds. The zero-order valence-corrected chi connectivity index (χ0v) is 21.4. The normalized spacial score (nSPS) is 29.2. The predicted molar refractivity (Wildman–Crippen MR) is 135 cm³/mol. The Labute approximate surface area is 194 Å². The van der Waals surface area contributed by atoms with E-state index in [2.05, 4.69) is 58.1 Å². The van der Waals surface area contributed by atoms with Crippen molar-refractivity contribution < 1.29 is 9.22 Å². The van der Waals surface area contributed by atoms with Crippen LogP contribution >= 0.6 is 0 Å². The molecule has 4 saturated carbocycles. The van der Waals surface area contributed by atoms with E-state index in [0.29, 0.717) is 0 Å². The molecule has 0 spiro atoms. The SMILES string of the molecule is CC(C)(C)[Si](C)(C)Oc1ccc(-c2ccccc2C=O)cc1C12CC3CC(CC(C3)C1)C2. The Morgan fingerprint density at radius 3 is 2.09 bits per heavy atom. The van der Waals surface area contributed by atoms with Crippen molar-refractivity contribution in [2.75, 3.05) is 0 Å². The highest BCUT2D eigenvalue weighted by Gasteiger charge is 2.53. The van der Waals surface area contributed by atoms with Gasteiger partial charge in [-0.25, -0.2) is 0 Å². The van der Waals surface area contributed by atoms with Crippen molar-refractivity contribution in [3.63, 3.8) is 0 Å². The highest BCUT2D eigenvalue weighted by atomic mass is 28.4. The second kappa shape index (κ2) is 7.58. The second-order valence-corrected chi connectivity index (χ2v) is 17.2. The number of hydrogen-bond acceptors (Lipinski definition) is 2. The number of aldehydes is 1. The quantitative estimate of drug-likeness (QED) is 0.343. The van der Waals surface area contributed by atoms with Gasteiger partial charge in [0.05, 0.1) is 0 Å². The molecular formula is C29H38O2Si. The standard InChI is InChI=1S/C29H38O2Si/c1-28(2,3)32(4,5)31-27-11-10-23(25-9-7-6-8-24(25)19-30)15-26(27)29-16-20-12-21(17-29)14-22(13-20)18-29/h6-11,15,19-22H,12-14,16-18H2,1-5H3. The summed E-state index contributed by atoms with van der Waals surface area (Å²) in [6, 6.07) is 14.8. The van der Waals surface area contributed by atoms with Crippen LogP contribution in [0.3, 0.4) is 0 Å². The van der Waals surface area contributed by atoms with Gasteiger partial charge in [-0.15, -0.1) is 0 Å². The zero-order valence-electron chi connectivity index (χ0n) is 20.4. The molecule has 2 aromatic rings. The highest BCUT2D eigenvalue weighted by Crippen LogP contribution is 2.62. The molecule has 0 radical (unpaired) electrons. The molecule has 2 aromatic carbocycles. The largest absolute Gasteiger partial charge is 0.543 e. The van der Waals surface area contributed by atoms with E-state index in [4.69, 9.17) is 4.43 Å². The van der Waals surface area contributed by atoms with Crippen molar-refractivity contribution in [3.05, 3.63) is 53.6 Å². The molecule has 4 aliphatic rings. The summed E-state index contributed by atoms with van der Waals surface area (Å²) in [6.45, 7) is 11.7. The first-order valence-corrected chi connectivity index (χ1v) is 15.4. The van der Waals surface area contributed by atoms with E-state index >= 15 is 0 Å². The van der Waals surface area contributed by atoms with Crippen LogP contribution in [0, 0.1) is 17.8 Å².